The number of aromatic amines is 1. The van der Waals surface area contributed by atoms with Gasteiger partial charge in [-0.05, 0) is 31.0 Å². The second-order valence-corrected chi connectivity index (χ2v) is 8.22. The average Bonchev–Trinajstić information content (AvgIpc) is 3.01. The van der Waals surface area contributed by atoms with E-state index in [1.807, 2.05) is 12.1 Å². The predicted octanol–water partition coefficient (Wildman–Crippen LogP) is 2.49. The highest BCUT2D eigenvalue weighted by Gasteiger charge is 2.13. The summed E-state index contributed by atoms with van der Waals surface area (Å²) in [7, 11) is -3.14. The van der Waals surface area contributed by atoms with E-state index in [0.29, 0.717) is 41.8 Å². The van der Waals surface area contributed by atoms with Crippen molar-refractivity contribution in [3.05, 3.63) is 35.6 Å². The average molecular weight is 410 g/mol. The first-order chi connectivity index (χ1) is 12.9. The first-order valence-corrected chi connectivity index (χ1v) is 10.6. The Bertz CT molecular complexity index is 1020. The lowest BCUT2D eigenvalue weighted by atomic mass is 10.3. The van der Waals surface area contributed by atoms with E-state index in [4.69, 9.17) is 11.6 Å². The molecule has 0 saturated carbocycles. The van der Waals surface area contributed by atoms with Crippen LogP contribution in [0.1, 0.15) is 12.8 Å². The van der Waals surface area contributed by atoms with Gasteiger partial charge in [0.25, 0.3) is 0 Å². The largest absolute Gasteiger partial charge is 0.368 e. The number of aromatic nitrogens is 4. The molecule has 0 fully saturated rings. The Morgan fingerprint density at radius 1 is 1.15 bits per heavy atom. The molecule has 0 amide bonds. The van der Waals surface area contributed by atoms with Crippen molar-refractivity contribution >= 4 is 50.0 Å². The fourth-order valence-electron chi connectivity index (χ4n) is 2.50. The molecule has 11 heteroatoms. The van der Waals surface area contributed by atoms with Gasteiger partial charge in [-0.2, -0.15) is 5.10 Å². The number of benzene rings is 1. The molecule has 2 aromatic heterocycles. The number of fused-ring (bicyclic) bond motifs is 1. The zero-order chi connectivity index (χ0) is 19.3. The second-order valence-electron chi connectivity index (χ2n) is 5.95. The van der Waals surface area contributed by atoms with Crippen LogP contribution in [0, 0.1) is 0 Å². The summed E-state index contributed by atoms with van der Waals surface area (Å²) >= 11 is 6.03. The lowest BCUT2D eigenvalue weighted by molar-refractivity contribution is 0.584. The summed E-state index contributed by atoms with van der Waals surface area (Å²) in [5.74, 6) is 1.24. The van der Waals surface area contributed by atoms with Gasteiger partial charge < -0.3 is 10.6 Å². The second kappa shape index (κ2) is 8.51. The molecule has 4 N–H and O–H groups in total. The van der Waals surface area contributed by atoms with Crippen molar-refractivity contribution in [1.82, 2.24) is 24.9 Å². The summed E-state index contributed by atoms with van der Waals surface area (Å²) in [6, 6.07) is 7.34. The van der Waals surface area contributed by atoms with E-state index in [2.05, 4.69) is 35.5 Å². The van der Waals surface area contributed by atoms with Crippen molar-refractivity contribution in [2.24, 2.45) is 0 Å². The van der Waals surface area contributed by atoms with Crippen LogP contribution in [0.3, 0.4) is 0 Å². The molecule has 1 aromatic carbocycles. The van der Waals surface area contributed by atoms with Crippen molar-refractivity contribution in [3.8, 4) is 0 Å². The zero-order valence-corrected chi connectivity index (χ0v) is 16.2. The number of nitrogens with one attached hydrogen (secondary N) is 4. The summed E-state index contributed by atoms with van der Waals surface area (Å²) < 4.78 is 24.5. The lowest BCUT2D eigenvalue weighted by Crippen LogP contribution is -2.23. The maximum atomic E-state index is 11.0. The van der Waals surface area contributed by atoms with E-state index in [0.717, 1.165) is 23.8 Å². The highest BCUT2D eigenvalue weighted by Crippen LogP contribution is 2.28. The minimum atomic E-state index is -3.14. The van der Waals surface area contributed by atoms with Crippen molar-refractivity contribution in [1.29, 1.82) is 0 Å². The van der Waals surface area contributed by atoms with Gasteiger partial charge >= 0.3 is 0 Å². The summed E-state index contributed by atoms with van der Waals surface area (Å²) in [6.07, 6.45) is 4.09. The van der Waals surface area contributed by atoms with Gasteiger partial charge in [0.05, 0.1) is 6.26 Å². The predicted molar refractivity (Wildman–Crippen MR) is 107 cm³/mol. The number of halogens is 1. The van der Waals surface area contributed by atoms with Crippen molar-refractivity contribution in [2.45, 2.75) is 12.8 Å². The Kier molecular flexibility index (Phi) is 6.09. The number of H-pyrrole nitrogens is 1. The molecule has 0 spiro atoms. The topological polar surface area (TPSA) is 125 Å². The van der Waals surface area contributed by atoms with E-state index < -0.39 is 10.0 Å². The first kappa shape index (κ1) is 19.3. The Morgan fingerprint density at radius 2 is 1.96 bits per heavy atom. The number of anilines is 3. The van der Waals surface area contributed by atoms with Crippen molar-refractivity contribution < 1.29 is 8.42 Å². The fourth-order valence-corrected chi connectivity index (χ4v) is 3.20. The normalized spacial score (nSPS) is 11.6. The van der Waals surface area contributed by atoms with E-state index in [-0.39, 0.29) is 0 Å². The van der Waals surface area contributed by atoms with Crippen molar-refractivity contribution in [3.63, 3.8) is 0 Å². The van der Waals surface area contributed by atoms with Gasteiger partial charge in [0.1, 0.15) is 17.5 Å². The van der Waals surface area contributed by atoms with Gasteiger partial charge in [-0.3, -0.25) is 5.10 Å². The van der Waals surface area contributed by atoms with Crippen LogP contribution in [0.4, 0.5) is 17.3 Å². The van der Waals surface area contributed by atoms with Gasteiger partial charge in [0.2, 0.25) is 10.0 Å². The van der Waals surface area contributed by atoms with Crippen LogP contribution in [-0.4, -0.2) is 47.9 Å². The fraction of sp³-hybridized carbons (Fsp3) is 0.312. The van der Waals surface area contributed by atoms with Crippen LogP contribution in [0.5, 0.6) is 0 Å². The highest BCUT2D eigenvalue weighted by atomic mass is 35.5. The minimum absolute atomic E-state index is 0.409. The SMILES string of the molecule is CS(=O)(=O)NCCCCNc1n[nH]c2ncnc(Nc3cccc(Cl)c3)c12. The summed E-state index contributed by atoms with van der Waals surface area (Å²) in [6.45, 7) is 1.05. The molecule has 0 bridgehead atoms. The number of unbranched alkanes of at least 4 members (excludes halogenated alkanes) is 1. The van der Waals surface area contributed by atoms with Crippen LogP contribution >= 0.6 is 11.6 Å². The molecule has 0 atom stereocenters. The van der Waals surface area contributed by atoms with Gasteiger partial charge in [-0.25, -0.2) is 23.1 Å². The Labute approximate surface area is 162 Å². The maximum Gasteiger partial charge on any atom is 0.208 e. The maximum absolute atomic E-state index is 11.0. The zero-order valence-electron chi connectivity index (χ0n) is 14.7. The quantitative estimate of drug-likeness (QED) is 0.400. The van der Waals surface area contributed by atoms with Crippen LogP contribution in [0.15, 0.2) is 30.6 Å². The van der Waals surface area contributed by atoms with E-state index in [1.54, 1.807) is 12.1 Å². The summed E-state index contributed by atoms with van der Waals surface area (Å²) in [4.78, 5) is 8.50. The van der Waals surface area contributed by atoms with Gasteiger partial charge in [-0.15, -0.1) is 0 Å². The van der Waals surface area contributed by atoms with Gasteiger partial charge in [0, 0.05) is 23.8 Å². The lowest BCUT2D eigenvalue weighted by Gasteiger charge is -2.09. The molecular formula is C16H20ClN7O2S. The molecule has 0 radical (unpaired) electrons. The molecule has 27 heavy (non-hydrogen) atoms. The highest BCUT2D eigenvalue weighted by molar-refractivity contribution is 7.88. The molecule has 0 aliphatic rings. The third-order valence-electron chi connectivity index (χ3n) is 3.71. The van der Waals surface area contributed by atoms with Crippen LogP contribution in [0.25, 0.3) is 11.0 Å². The minimum Gasteiger partial charge on any atom is -0.368 e. The molecule has 3 rings (SSSR count). The third kappa shape index (κ3) is 5.52. The molecule has 0 unspecified atom stereocenters. The van der Waals surface area contributed by atoms with E-state index in [9.17, 15) is 8.42 Å². The molecular weight excluding hydrogens is 390 g/mol. The van der Waals surface area contributed by atoms with Gasteiger partial charge in [-0.1, -0.05) is 17.7 Å². The molecule has 0 saturated heterocycles. The summed E-state index contributed by atoms with van der Waals surface area (Å²) in [5, 5.41) is 15.0. The standard InChI is InChI=1S/C16H20ClN7O2S/c1-27(25,26)21-8-3-2-7-18-15-13-14(19-10-20-16(13)24-23-15)22-12-6-4-5-11(17)9-12/h4-6,9-10,21H,2-3,7-8H2,1H3,(H3,18,19,20,22,23,24). The molecule has 9 nitrogen and oxygen atoms in total. The van der Waals surface area contributed by atoms with Gasteiger partial charge in [0.15, 0.2) is 11.5 Å². The van der Waals surface area contributed by atoms with Crippen LogP contribution < -0.4 is 15.4 Å². The third-order valence-corrected chi connectivity index (χ3v) is 4.67. The monoisotopic (exact) mass is 409 g/mol. The Balaban J connectivity index is 1.66. The summed E-state index contributed by atoms with van der Waals surface area (Å²) in [5.41, 5.74) is 1.41. The van der Waals surface area contributed by atoms with E-state index in [1.165, 1.54) is 6.33 Å². The van der Waals surface area contributed by atoms with Crippen molar-refractivity contribution in [2.75, 3.05) is 30.0 Å². The molecule has 0 aliphatic heterocycles. The first-order valence-electron chi connectivity index (χ1n) is 8.32. The number of hydrogen-bond donors (Lipinski definition) is 4. The molecule has 3 aromatic rings. The molecule has 2 heterocycles. The Morgan fingerprint density at radius 3 is 2.74 bits per heavy atom. The van der Waals surface area contributed by atoms with E-state index >= 15 is 0 Å². The number of sulfonamides is 1. The number of rotatable bonds is 9. The Hall–Kier alpha value is -2.43. The molecule has 0 aliphatic carbocycles. The number of nitrogens with zero attached hydrogens (tertiary/aromatic N) is 3. The smallest absolute Gasteiger partial charge is 0.208 e. The number of hydrogen-bond acceptors (Lipinski definition) is 7. The van der Waals surface area contributed by atoms with Crippen LogP contribution in [-0.2, 0) is 10.0 Å². The molecule has 144 valence electrons. The van der Waals surface area contributed by atoms with Crippen LogP contribution in [0.2, 0.25) is 5.02 Å².